The van der Waals surface area contributed by atoms with Gasteiger partial charge in [0.1, 0.15) is 0 Å². The van der Waals surface area contributed by atoms with Gasteiger partial charge in [0.25, 0.3) is 0 Å². The van der Waals surface area contributed by atoms with Crippen LogP contribution in [0, 0.1) is 0 Å². The number of carbonyl (C=O) groups excluding carboxylic acids is 1. The third kappa shape index (κ3) is 3.57. The molecule has 0 aliphatic rings. The molecule has 0 unspecified atom stereocenters. The lowest BCUT2D eigenvalue weighted by atomic mass is 10.1. The molecule has 3 rings (SSSR count). The van der Waals surface area contributed by atoms with Crippen molar-refractivity contribution in [3.8, 4) is 0 Å². The average Bonchev–Trinajstić information content (AvgIpc) is 2.59. The second-order valence-corrected chi connectivity index (χ2v) is 5.61. The first-order valence-electron chi connectivity index (χ1n) is 7.54. The highest BCUT2D eigenvalue weighted by molar-refractivity contribution is 6.13. The van der Waals surface area contributed by atoms with Gasteiger partial charge in [-0.15, -0.1) is 13.2 Å². The van der Waals surface area contributed by atoms with Crippen LogP contribution in [0.1, 0.15) is 0 Å². The summed E-state index contributed by atoms with van der Waals surface area (Å²) in [5, 5.41) is 1.86. The standard InChI is InChI=1S/C17H9F7N2O2/c18-15(19,16(20,21)28-17(22,23)24)14(27)26-13-9-5-1-3-7-11(9)25-12-8-4-2-6-10(12)13/h1-8H,(H,25,26,27). The molecule has 28 heavy (non-hydrogen) atoms. The Hall–Kier alpha value is -2.95. The van der Waals surface area contributed by atoms with Gasteiger partial charge in [0.15, 0.2) is 0 Å². The number of rotatable bonds is 4. The Balaban J connectivity index is 2.07. The van der Waals surface area contributed by atoms with Gasteiger partial charge in [0, 0.05) is 10.8 Å². The van der Waals surface area contributed by atoms with E-state index in [1.54, 1.807) is 17.4 Å². The maximum Gasteiger partial charge on any atom is 0.527 e. The lowest BCUT2D eigenvalue weighted by Gasteiger charge is -2.26. The van der Waals surface area contributed by atoms with Crippen LogP contribution in [-0.4, -0.2) is 29.3 Å². The number of alkyl halides is 7. The van der Waals surface area contributed by atoms with Crippen LogP contribution < -0.4 is 5.32 Å². The summed E-state index contributed by atoms with van der Waals surface area (Å²) in [6, 6.07) is 11.8. The molecule has 0 radical (unpaired) electrons. The average molecular weight is 406 g/mol. The maximum atomic E-state index is 13.8. The molecule has 4 nitrogen and oxygen atoms in total. The largest absolute Gasteiger partial charge is 0.527 e. The predicted molar refractivity (Wildman–Crippen MR) is 84.9 cm³/mol. The summed E-state index contributed by atoms with van der Waals surface area (Å²) in [5.74, 6) is -8.48. The van der Waals surface area contributed by atoms with E-state index >= 15 is 0 Å². The van der Waals surface area contributed by atoms with Crippen LogP contribution in [0.15, 0.2) is 48.5 Å². The summed E-state index contributed by atoms with van der Waals surface area (Å²) in [6.45, 7) is 0. The zero-order valence-corrected chi connectivity index (χ0v) is 13.5. The van der Waals surface area contributed by atoms with Gasteiger partial charge in [-0.2, -0.15) is 17.6 Å². The number of carbonyl (C=O) groups is 1. The molecule has 2 aromatic carbocycles. The van der Waals surface area contributed by atoms with Crippen LogP contribution in [0.2, 0.25) is 0 Å². The summed E-state index contributed by atoms with van der Waals surface area (Å²) >= 11 is 0. The van der Waals surface area contributed by atoms with E-state index in [0.717, 1.165) is 0 Å². The molecule has 0 spiro atoms. The lowest BCUT2D eigenvalue weighted by Crippen LogP contribution is -2.53. The minimum atomic E-state index is -6.12. The number of para-hydroxylation sites is 2. The van der Waals surface area contributed by atoms with Crippen molar-refractivity contribution in [2.45, 2.75) is 18.4 Å². The lowest BCUT2D eigenvalue weighted by molar-refractivity contribution is -0.457. The van der Waals surface area contributed by atoms with Gasteiger partial charge in [-0.3, -0.25) is 4.79 Å². The molecule has 0 bridgehead atoms. The molecular formula is C17H9F7N2O2. The van der Waals surface area contributed by atoms with Crippen LogP contribution in [0.5, 0.6) is 0 Å². The monoisotopic (exact) mass is 406 g/mol. The van der Waals surface area contributed by atoms with Gasteiger partial charge in [-0.25, -0.2) is 9.72 Å². The summed E-state index contributed by atoms with van der Waals surface area (Å²) in [4.78, 5) is 16.1. The Labute approximate surface area is 151 Å². The van der Waals surface area contributed by atoms with E-state index in [-0.39, 0.29) is 27.5 Å². The van der Waals surface area contributed by atoms with E-state index in [0.29, 0.717) is 0 Å². The van der Waals surface area contributed by atoms with E-state index in [1.165, 1.54) is 36.4 Å². The number of ether oxygens (including phenoxy) is 1. The Morgan fingerprint density at radius 1 is 0.821 bits per heavy atom. The summed E-state index contributed by atoms with van der Waals surface area (Å²) in [6.07, 6.45) is -12.2. The molecule has 148 valence electrons. The van der Waals surface area contributed by atoms with Gasteiger partial charge in [-0.05, 0) is 12.1 Å². The first-order chi connectivity index (χ1) is 12.9. The van der Waals surface area contributed by atoms with Crippen LogP contribution >= 0.6 is 0 Å². The number of fused-ring (bicyclic) bond motifs is 2. The molecule has 1 aromatic heterocycles. The molecule has 0 atom stereocenters. The topological polar surface area (TPSA) is 51.2 Å². The fraction of sp³-hybridized carbons (Fsp3) is 0.176. The number of amides is 1. The van der Waals surface area contributed by atoms with E-state index < -0.39 is 24.3 Å². The molecule has 0 saturated carbocycles. The first kappa shape index (κ1) is 19.8. The third-order valence-electron chi connectivity index (χ3n) is 3.72. The van der Waals surface area contributed by atoms with Crippen molar-refractivity contribution in [2.75, 3.05) is 5.32 Å². The SMILES string of the molecule is O=C(Nc1c2ccccc2nc2ccccc12)C(F)(F)C(F)(F)OC(F)(F)F. The molecular weight excluding hydrogens is 397 g/mol. The number of halogens is 7. The molecule has 1 N–H and O–H groups in total. The van der Waals surface area contributed by atoms with Crippen molar-refractivity contribution < 1.29 is 40.3 Å². The number of aromatic nitrogens is 1. The Morgan fingerprint density at radius 3 is 1.75 bits per heavy atom. The molecule has 0 aliphatic carbocycles. The van der Waals surface area contributed by atoms with Gasteiger partial charge in [0.2, 0.25) is 0 Å². The van der Waals surface area contributed by atoms with Crippen molar-refractivity contribution >= 4 is 33.4 Å². The van der Waals surface area contributed by atoms with E-state index in [9.17, 15) is 35.5 Å². The van der Waals surface area contributed by atoms with Gasteiger partial charge >= 0.3 is 24.3 Å². The molecule has 1 amide bonds. The van der Waals surface area contributed by atoms with Crippen LogP contribution in [-0.2, 0) is 9.53 Å². The van der Waals surface area contributed by atoms with Crippen LogP contribution in [0.4, 0.5) is 36.4 Å². The number of hydrogen-bond acceptors (Lipinski definition) is 3. The third-order valence-corrected chi connectivity index (χ3v) is 3.72. The number of hydrogen-bond donors (Lipinski definition) is 1. The van der Waals surface area contributed by atoms with Crippen molar-refractivity contribution in [2.24, 2.45) is 0 Å². The van der Waals surface area contributed by atoms with Crippen LogP contribution in [0.3, 0.4) is 0 Å². The quantitative estimate of drug-likeness (QED) is 0.485. The fourth-order valence-corrected chi connectivity index (χ4v) is 2.51. The zero-order valence-electron chi connectivity index (χ0n) is 13.5. The molecule has 1 heterocycles. The second-order valence-electron chi connectivity index (χ2n) is 5.61. The normalized spacial score (nSPS) is 13.1. The first-order valence-corrected chi connectivity index (χ1v) is 7.54. The fourth-order valence-electron chi connectivity index (χ4n) is 2.51. The number of anilines is 1. The Kier molecular flexibility index (Phi) is 4.66. The number of nitrogens with one attached hydrogen (secondary N) is 1. The summed E-state index contributed by atoms with van der Waals surface area (Å²) in [5.41, 5.74) is 0.199. The molecule has 0 aliphatic heterocycles. The highest BCUT2D eigenvalue weighted by Crippen LogP contribution is 2.41. The highest BCUT2D eigenvalue weighted by Gasteiger charge is 2.67. The maximum absolute atomic E-state index is 13.8. The minimum Gasteiger partial charge on any atom is -0.319 e. The Bertz CT molecular complexity index is 997. The van der Waals surface area contributed by atoms with Crippen molar-refractivity contribution in [1.29, 1.82) is 0 Å². The predicted octanol–water partition coefficient (Wildman–Crippen LogP) is 5.09. The zero-order chi connectivity index (χ0) is 20.7. The molecule has 0 fully saturated rings. The summed E-state index contributed by atoms with van der Waals surface area (Å²) in [7, 11) is 0. The van der Waals surface area contributed by atoms with E-state index in [2.05, 4.69) is 9.72 Å². The van der Waals surface area contributed by atoms with Gasteiger partial charge in [0.05, 0.1) is 16.7 Å². The van der Waals surface area contributed by atoms with Gasteiger partial charge < -0.3 is 5.32 Å². The van der Waals surface area contributed by atoms with Crippen molar-refractivity contribution in [3.05, 3.63) is 48.5 Å². The van der Waals surface area contributed by atoms with E-state index in [4.69, 9.17) is 0 Å². The molecule has 3 aromatic rings. The highest BCUT2D eigenvalue weighted by atomic mass is 19.4. The minimum absolute atomic E-state index is 0.130. The number of benzene rings is 2. The van der Waals surface area contributed by atoms with E-state index in [1.807, 2.05) is 0 Å². The summed E-state index contributed by atoms with van der Waals surface area (Å²) < 4.78 is 92.4. The molecule has 0 saturated heterocycles. The Morgan fingerprint density at radius 2 is 1.29 bits per heavy atom. The van der Waals surface area contributed by atoms with Crippen molar-refractivity contribution in [1.82, 2.24) is 4.98 Å². The second kappa shape index (κ2) is 6.59. The smallest absolute Gasteiger partial charge is 0.319 e. The number of nitrogens with zero attached hydrogens (tertiary/aromatic N) is 1. The molecule has 11 heteroatoms. The van der Waals surface area contributed by atoms with Crippen molar-refractivity contribution in [3.63, 3.8) is 0 Å². The van der Waals surface area contributed by atoms with Crippen LogP contribution in [0.25, 0.3) is 21.8 Å². The van der Waals surface area contributed by atoms with Gasteiger partial charge in [-0.1, -0.05) is 36.4 Å². The number of pyridine rings is 1.